The van der Waals surface area contributed by atoms with Crippen molar-refractivity contribution < 1.29 is 14.3 Å². The first-order chi connectivity index (χ1) is 13.5. The topological polar surface area (TPSA) is 58.6 Å². The lowest BCUT2D eigenvalue weighted by Crippen LogP contribution is -2.45. The number of nitrogens with zero attached hydrogens (tertiary/aromatic N) is 1. The van der Waals surface area contributed by atoms with Crippen molar-refractivity contribution in [3.05, 3.63) is 29.3 Å². The van der Waals surface area contributed by atoms with Gasteiger partial charge in [-0.2, -0.15) is 0 Å². The van der Waals surface area contributed by atoms with Gasteiger partial charge in [0.05, 0.1) is 6.61 Å². The van der Waals surface area contributed by atoms with E-state index in [4.69, 9.17) is 4.74 Å². The third kappa shape index (κ3) is 3.82. The lowest BCUT2D eigenvalue weighted by Gasteiger charge is -2.35. The maximum atomic E-state index is 12.0. The van der Waals surface area contributed by atoms with Gasteiger partial charge in [0, 0.05) is 36.5 Å². The minimum atomic E-state index is 0.0254. The van der Waals surface area contributed by atoms with Crippen molar-refractivity contribution in [3.8, 4) is 5.75 Å². The minimum Gasteiger partial charge on any atom is -0.493 e. The second-order valence-corrected chi connectivity index (χ2v) is 8.79. The average molecular weight is 385 g/mol. The molecule has 5 heteroatoms. The third-order valence-electron chi connectivity index (χ3n) is 6.55. The summed E-state index contributed by atoms with van der Waals surface area (Å²) in [7, 11) is 0. The first-order valence-corrected chi connectivity index (χ1v) is 10.9. The van der Waals surface area contributed by atoms with Gasteiger partial charge in [-0.25, -0.2) is 0 Å². The molecule has 3 aliphatic rings. The maximum absolute atomic E-state index is 12.0. The third-order valence-corrected chi connectivity index (χ3v) is 6.55. The van der Waals surface area contributed by atoms with Crippen LogP contribution < -0.4 is 10.1 Å². The normalized spacial score (nSPS) is 28.2. The summed E-state index contributed by atoms with van der Waals surface area (Å²) in [6, 6.07) is 7.39. The zero-order valence-corrected chi connectivity index (χ0v) is 17.1. The van der Waals surface area contributed by atoms with E-state index in [-0.39, 0.29) is 17.9 Å². The SMILES string of the molecule is CC(C)c1cccc2c1OCCC[C@H]2NC1CCC(N2C(=O)CCC2=O)CC1. The van der Waals surface area contributed by atoms with Crippen LogP contribution in [-0.4, -0.2) is 35.4 Å². The van der Waals surface area contributed by atoms with Crippen LogP contribution in [0.25, 0.3) is 0 Å². The van der Waals surface area contributed by atoms with Crippen LogP contribution in [0.1, 0.15) is 88.3 Å². The maximum Gasteiger partial charge on any atom is 0.229 e. The largest absolute Gasteiger partial charge is 0.493 e. The molecule has 0 bridgehead atoms. The van der Waals surface area contributed by atoms with Crippen LogP contribution in [0.4, 0.5) is 0 Å². The molecular weight excluding hydrogens is 352 g/mol. The Labute approximate surface area is 167 Å². The molecule has 2 heterocycles. The first kappa shape index (κ1) is 19.4. The molecule has 152 valence electrons. The quantitative estimate of drug-likeness (QED) is 0.795. The van der Waals surface area contributed by atoms with Crippen LogP contribution in [0.15, 0.2) is 18.2 Å². The predicted octanol–water partition coefficient (Wildman–Crippen LogP) is 4.07. The van der Waals surface area contributed by atoms with Crippen molar-refractivity contribution in [2.45, 2.75) is 89.3 Å². The molecular formula is C23H32N2O3. The Bertz CT molecular complexity index is 721. The van der Waals surface area contributed by atoms with Gasteiger partial charge in [0.15, 0.2) is 0 Å². The van der Waals surface area contributed by atoms with Crippen LogP contribution in [0, 0.1) is 0 Å². The monoisotopic (exact) mass is 384 g/mol. The molecule has 1 N–H and O–H groups in total. The average Bonchev–Trinajstić information content (AvgIpc) is 2.89. The van der Waals surface area contributed by atoms with E-state index in [1.54, 1.807) is 4.90 Å². The molecule has 2 amide bonds. The van der Waals surface area contributed by atoms with Gasteiger partial charge >= 0.3 is 0 Å². The van der Waals surface area contributed by atoms with E-state index < -0.39 is 0 Å². The van der Waals surface area contributed by atoms with Gasteiger partial charge in [-0.1, -0.05) is 32.0 Å². The fourth-order valence-corrected chi connectivity index (χ4v) is 5.05. The molecule has 0 unspecified atom stereocenters. The predicted molar refractivity (Wildman–Crippen MR) is 108 cm³/mol. The highest BCUT2D eigenvalue weighted by atomic mass is 16.5. The number of rotatable bonds is 4. The Morgan fingerprint density at radius 1 is 1.04 bits per heavy atom. The molecule has 1 saturated carbocycles. The summed E-state index contributed by atoms with van der Waals surface area (Å²) in [5.41, 5.74) is 2.58. The van der Waals surface area contributed by atoms with Gasteiger partial charge in [-0.05, 0) is 50.0 Å². The van der Waals surface area contributed by atoms with Crippen molar-refractivity contribution in [3.63, 3.8) is 0 Å². The Kier molecular flexibility index (Phi) is 5.72. The van der Waals surface area contributed by atoms with E-state index in [9.17, 15) is 9.59 Å². The highest BCUT2D eigenvalue weighted by Crippen LogP contribution is 2.38. The highest BCUT2D eigenvalue weighted by molar-refractivity contribution is 6.02. The molecule has 1 saturated heterocycles. The standard InChI is InChI=1S/C23H32N2O3/c1-15(2)18-5-3-6-19-20(7-4-14-28-23(18)19)24-16-8-10-17(11-9-16)25-21(26)12-13-22(25)27/h3,5-6,15-17,20,24H,4,7-14H2,1-2H3/t16?,17?,20-/m1/s1. The Morgan fingerprint density at radius 2 is 1.75 bits per heavy atom. The molecule has 1 aliphatic carbocycles. The fourth-order valence-electron chi connectivity index (χ4n) is 5.05. The van der Waals surface area contributed by atoms with Crippen LogP contribution >= 0.6 is 0 Å². The van der Waals surface area contributed by atoms with E-state index in [0.29, 0.717) is 30.8 Å². The summed E-state index contributed by atoms with van der Waals surface area (Å²) in [6.45, 7) is 5.21. The van der Waals surface area contributed by atoms with E-state index >= 15 is 0 Å². The number of hydrogen-bond donors (Lipinski definition) is 1. The van der Waals surface area contributed by atoms with Gasteiger partial charge in [-0.15, -0.1) is 0 Å². The van der Waals surface area contributed by atoms with Gasteiger partial charge in [0.25, 0.3) is 0 Å². The lowest BCUT2D eigenvalue weighted by molar-refractivity contribution is -0.141. The Balaban J connectivity index is 1.43. The van der Waals surface area contributed by atoms with Crippen LogP contribution in [-0.2, 0) is 9.59 Å². The number of carbonyl (C=O) groups excluding carboxylic acids is 2. The summed E-state index contributed by atoms with van der Waals surface area (Å²) in [4.78, 5) is 25.6. The van der Waals surface area contributed by atoms with Crippen molar-refractivity contribution in [2.75, 3.05) is 6.61 Å². The lowest BCUT2D eigenvalue weighted by atomic mass is 9.88. The van der Waals surface area contributed by atoms with Crippen molar-refractivity contribution in [1.82, 2.24) is 10.2 Å². The first-order valence-electron chi connectivity index (χ1n) is 10.9. The molecule has 5 nitrogen and oxygen atoms in total. The zero-order valence-electron chi connectivity index (χ0n) is 17.1. The summed E-state index contributed by atoms with van der Waals surface area (Å²) < 4.78 is 6.15. The van der Waals surface area contributed by atoms with Gasteiger partial charge < -0.3 is 10.1 Å². The molecule has 0 aromatic heterocycles. The van der Waals surface area contributed by atoms with Crippen molar-refractivity contribution in [1.29, 1.82) is 0 Å². The van der Waals surface area contributed by atoms with E-state index in [1.165, 1.54) is 11.1 Å². The summed E-state index contributed by atoms with van der Waals surface area (Å²) in [6.07, 6.45) is 6.78. The van der Waals surface area contributed by atoms with Crippen molar-refractivity contribution in [2.24, 2.45) is 0 Å². The molecule has 28 heavy (non-hydrogen) atoms. The number of hydrogen-bond acceptors (Lipinski definition) is 4. The number of para-hydroxylation sites is 1. The zero-order chi connectivity index (χ0) is 19.7. The second-order valence-electron chi connectivity index (χ2n) is 8.79. The number of imide groups is 1. The number of carbonyl (C=O) groups is 2. The van der Waals surface area contributed by atoms with Crippen LogP contribution in [0.5, 0.6) is 5.75 Å². The van der Waals surface area contributed by atoms with Gasteiger partial charge in [0.1, 0.15) is 5.75 Å². The minimum absolute atomic E-state index is 0.0254. The Hall–Kier alpha value is -1.88. The van der Waals surface area contributed by atoms with E-state index in [2.05, 4.69) is 37.4 Å². The Morgan fingerprint density at radius 3 is 2.43 bits per heavy atom. The molecule has 0 radical (unpaired) electrons. The van der Waals surface area contributed by atoms with E-state index in [0.717, 1.165) is 50.9 Å². The summed E-state index contributed by atoms with van der Waals surface area (Å²) >= 11 is 0. The van der Waals surface area contributed by atoms with Crippen molar-refractivity contribution >= 4 is 11.8 Å². The van der Waals surface area contributed by atoms with Crippen LogP contribution in [0.3, 0.4) is 0 Å². The second kappa shape index (κ2) is 8.24. The number of benzene rings is 1. The molecule has 1 atom stereocenters. The molecule has 2 fully saturated rings. The fraction of sp³-hybridized carbons (Fsp3) is 0.652. The number of nitrogens with one attached hydrogen (secondary N) is 1. The smallest absolute Gasteiger partial charge is 0.229 e. The summed E-state index contributed by atoms with van der Waals surface area (Å²) in [5.74, 6) is 1.57. The molecule has 1 aromatic carbocycles. The number of fused-ring (bicyclic) bond motifs is 1. The number of amides is 2. The highest BCUT2D eigenvalue weighted by Gasteiger charge is 2.37. The van der Waals surface area contributed by atoms with E-state index in [1.807, 2.05) is 0 Å². The number of ether oxygens (including phenoxy) is 1. The molecule has 1 aromatic rings. The van der Waals surface area contributed by atoms with Crippen LogP contribution in [0.2, 0.25) is 0 Å². The van der Waals surface area contributed by atoms with Gasteiger partial charge in [-0.3, -0.25) is 14.5 Å². The van der Waals surface area contributed by atoms with Gasteiger partial charge in [0.2, 0.25) is 11.8 Å². The number of likely N-dealkylation sites (tertiary alicyclic amines) is 1. The molecule has 2 aliphatic heterocycles. The summed E-state index contributed by atoms with van der Waals surface area (Å²) in [5, 5.41) is 3.89. The molecule has 0 spiro atoms. The molecule has 4 rings (SSSR count).